The molecule has 0 fully saturated rings. The Morgan fingerprint density at radius 3 is 2.93 bits per heavy atom. The molecule has 0 aliphatic rings. The van der Waals surface area contributed by atoms with Crippen molar-refractivity contribution in [2.24, 2.45) is 0 Å². The maximum absolute atomic E-state index is 5.70. The van der Waals surface area contributed by atoms with E-state index in [1.165, 1.54) is 0 Å². The van der Waals surface area contributed by atoms with Crippen molar-refractivity contribution in [1.82, 2.24) is 9.78 Å². The SMILES string of the molecule is COc1cc(-n2cccn2)ccc1N. The van der Waals surface area contributed by atoms with Crippen molar-refractivity contribution in [3.63, 3.8) is 0 Å². The zero-order valence-corrected chi connectivity index (χ0v) is 7.84. The molecule has 1 aromatic heterocycles. The fraction of sp³-hybridized carbons (Fsp3) is 0.100. The summed E-state index contributed by atoms with van der Waals surface area (Å²) in [7, 11) is 1.60. The predicted octanol–water partition coefficient (Wildman–Crippen LogP) is 1.46. The molecule has 0 radical (unpaired) electrons. The van der Waals surface area contributed by atoms with Gasteiger partial charge in [0.1, 0.15) is 5.75 Å². The molecule has 0 bridgehead atoms. The number of nitrogens with two attached hydrogens (primary N) is 1. The molecular weight excluding hydrogens is 178 g/mol. The van der Waals surface area contributed by atoms with Gasteiger partial charge in [0, 0.05) is 18.5 Å². The minimum absolute atomic E-state index is 0.628. The highest BCUT2D eigenvalue weighted by Crippen LogP contribution is 2.23. The molecule has 14 heavy (non-hydrogen) atoms. The highest BCUT2D eigenvalue weighted by Gasteiger charge is 2.01. The van der Waals surface area contributed by atoms with Gasteiger partial charge in [-0.1, -0.05) is 0 Å². The second-order valence-electron chi connectivity index (χ2n) is 2.88. The third-order valence-electron chi connectivity index (χ3n) is 1.99. The second-order valence-corrected chi connectivity index (χ2v) is 2.88. The molecule has 0 saturated heterocycles. The summed E-state index contributed by atoms with van der Waals surface area (Å²) in [5.74, 6) is 0.665. The Bertz CT molecular complexity index is 423. The van der Waals surface area contributed by atoms with Gasteiger partial charge < -0.3 is 10.5 Å². The molecule has 0 saturated carbocycles. The number of benzene rings is 1. The largest absolute Gasteiger partial charge is 0.495 e. The Hall–Kier alpha value is -1.97. The number of nitrogens with zero attached hydrogens (tertiary/aromatic N) is 2. The number of aromatic nitrogens is 2. The van der Waals surface area contributed by atoms with Crippen molar-refractivity contribution < 1.29 is 4.74 Å². The van der Waals surface area contributed by atoms with Gasteiger partial charge in [-0.2, -0.15) is 5.10 Å². The van der Waals surface area contributed by atoms with Crippen LogP contribution in [0.25, 0.3) is 5.69 Å². The third-order valence-corrected chi connectivity index (χ3v) is 1.99. The number of methoxy groups -OCH3 is 1. The molecule has 2 rings (SSSR count). The van der Waals surface area contributed by atoms with Crippen molar-refractivity contribution in [2.75, 3.05) is 12.8 Å². The molecule has 0 aliphatic heterocycles. The zero-order chi connectivity index (χ0) is 9.97. The van der Waals surface area contributed by atoms with E-state index in [1.807, 2.05) is 24.4 Å². The van der Waals surface area contributed by atoms with E-state index in [-0.39, 0.29) is 0 Å². The lowest BCUT2D eigenvalue weighted by Gasteiger charge is -2.07. The van der Waals surface area contributed by atoms with Crippen LogP contribution in [0.4, 0.5) is 5.69 Å². The summed E-state index contributed by atoms with van der Waals surface area (Å²) in [5.41, 5.74) is 7.26. The first-order chi connectivity index (χ1) is 6.81. The first-order valence-electron chi connectivity index (χ1n) is 4.25. The molecule has 72 valence electrons. The molecule has 4 heteroatoms. The van der Waals surface area contributed by atoms with Gasteiger partial charge in [0.15, 0.2) is 0 Å². The van der Waals surface area contributed by atoms with Crippen LogP contribution in [0, 0.1) is 0 Å². The third kappa shape index (κ3) is 1.42. The minimum Gasteiger partial charge on any atom is -0.495 e. The monoisotopic (exact) mass is 189 g/mol. The molecule has 4 nitrogen and oxygen atoms in total. The summed E-state index contributed by atoms with van der Waals surface area (Å²) in [5, 5.41) is 4.11. The Balaban J connectivity index is 2.46. The molecule has 1 heterocycles. The number of ether oxygens (including phenoxy) is 1. The molecule has 0 unspecified atom stereocenters. The molecule has 0 atom stereocenters. The van der Waals surface area contributed by atoms with Gasteiger partial charge in [0.05, 0.1) is 18.5 Å². The van der Waals surface area contributed by atoms with Crippen LogP contribution in [0.15, 0.2) is 36.7 Å². The van der Waals surface area contributed by atoms with E-state index in [0.717, 1.165) is 5.69 Å². The average molecular weight is 189 g/mol. The Morgan fingerprint density at radius 1 is 1.43 bits per heavy atom. The highest BCUT2D eigenvalue weighted by atomic mass is 16.5. The Labute approximate surface area is 81.9 Å². The van der Waals surface area contributed by atoms with E-state index in [0.29, 0.717) is 11.4 Å². The summed E-state index contributed by atoms with van der Waals surface area (Å²) in [6.45, 7) is 0. The van der Waals surface area contributed by atoms with Crippen LogP contribution in [-0.4, -0.2) is 16.9 Å². The summed E-state index contributed by atoms with van der Waals surface area (Å²) in [4.78, 5) is 0. The van der Waals surface area contributed by atoms with E-state index in [2.05, 4.69) is 5.10 Å². The number of nitrogen functional groups attached to an aromatic ring is 1. The summed E-state index contributed by atoms with van der Waals surface area (Å²) >= 11 is 0. The highest BCUT2D eigenvalue weighted by molar-refractivity contribution is 5.57. The Morgan fingerprint density at radius 2 is 2.29 bits per heavy atom. The maximum atomic E-state index is 5.70. The van der Waals surface area contributed by atoms with E-state index < -0.39 is 0 Å². The quantitative estimate of drug-likeness (QED) is 0.728. The van der Waals surface area contributed by atoms with Crippen LogP contribution in [0.1, 0.15) is 0 Å². The molecular formula is C10H11N3O. The van der Waals surface area contributed by atoms with Crippen molar-refractivity contribution in [1.29, 1.82) is 0 Å². The standard InChI is InChI=1S/C10H11N3O/c1-14-10-7-8(3-4-9(10)11)13-6-2-5-12-13/h2-7H,11H2,1H3. The average Bonchev–Trinajstić information content (AvgIpc) is 2.71. The Kier molecular flexibility index (Phi) is 2.10. The van der Waals surface area contributed by atoms with Gasteiger partial charge in [0.2, 0.25) is 0 Å². The molecule has 2 aromatic rings. The minimum atomic E-state index is 0.628. The number of anilines is 1. The molecule has 2 N–H and O–H groups in total. The van der Waals surface area contributed by atoms with Crippen LogP contribution in [0.5, 0.6) is 5.75 Å². The van der Waals surface area contributed by atoms with Crippen LogP contribution < -0.4 is 10.5 Å². The topological polar surface area (TPSA) is 53.1 Å². The number of hydrogen-bond acceptors (Lipinski definition) is 3. The molecule has 0 spiro atoms. The van der Waals surface area contributed by atoms with Gasteiger partial charge in [-0.3, -0.25) is 0 Å². The fourth-order valence-corrected chi connectivity index (χ4v) is 1.26. The molecule has 0 aliphatic carbocycles. The maximum Gasteiger partial charge on any atom is 0.143 e. The second kappa shape index (κ2) is 3.41. The van der Waals surface area contributed by atoms with Gasteiger partial charge >= 0.3 is 0 Å². The lowest BCUT2D eigenvalue weighted by molar-refractivity contribution is 0.416. The first-order valence-corrected chi connectivity index (χ1v) is 4.25. The van der Waals surface area contributed by atoms with Crippen molar-refractivity contribution in [3.8, 4) is 11.4 Å². The lowest BCUT2D eigenvalue weighted by atomic mass is 10.2. The lowest BCUT2D eigenvalue weighted by Crippen LogP contribution is -1.97. The van der Waals surface area contributed by atoms with E-state index >= 15 is 0 Å². The summed E-state index contributed by atoms with van der Waals surface area (Å²) in [6.07, 6.45) is 3.59. The van der Waals surface area contributed by atoms with Gasteiger partial charge in [-0.25, -0.2) is 4.68 Å². The van der Waals surface area contributed by atoms with E-state index in [4.69, 9.17) is 10.5 Å². The van der Waals surface area contributed by atoms with Gasteiger partial charge in [0.25, 0.3) is 0 Å². The van der Waals surface area contributed by atoms with Gasteiger partial charge in [-0.15, -0.1) is 0 Å². The zero-order valence-electron chi connectivity index (χ0n) is 7.84. The number of rotatable bonds is 2. The van der Waals surface area contributed by atoms with Crippen molar-refractivity contribution in [3.05, 3.63) is 36.7 Å². The van der Waals surface area contributed by atoms with Crippen LogP contribution in [0.3, 0.4) is 0 Å². The number of hydrogen-bond donors (Lipinski definition) is 1. The fourth-order valence-electron chi connectivity index (χ4n) is 1.26. The van der Waals surface area contributed by atoms with Crippen LogP contribution in [-0.2, 0) is 0 Å². The van der Waals surface area contributed by atoms with E-state index in [1.54, 1.807) is 24.1 Å². The van der Waals surface area contributed by atoms with Gasteiger partial charge in [-0.05, 0) is 18.2 Å². The summed E-state index contributed by atoms with van der Waals surface area (Å²) in [6, 6.07) is 7.41. The normalized spacial score (nSPS) is 10.1. The summed E-state index contributed by atoms with van der Waals surface area (Å²) < 4.78 is 6.87. The van der Waals surface area contributed by atoms with E-state index in [9.17, 15) is 0 Å². The first kappa shape index (κ1) is 8.62. The van der Waals surface area contributed by atoms with Crippen LogP contribution >= 0.6 is 0 Å². The van der Waals surface area contributed by atoms with Crippen molar-refractivity contribution in [2.45, 2.75) is 0 Å². The van der Waals surface area contributed by atoms with Crippen LogP contribution in [0.2, 0.25) is 0 Å². The smallest absolute Gasteiger partial charge is 0.143 e. The van der Waals surface area contributed by atoms with Crippen molar-refractivity contribution >= 4 is 5.69 Å². The molecule has 0 amide bonds. The predicted molar refractivity (Wildman–Crippen MR) is 54.5 cm³/mol. The molecule has 1 aromatic carbocycles.